The molecule has 0 aromatic rings. The molecule has 5 rings (SSSR count). The highest BCUT2D eigenvalue weighted by Gasteiger charge is 2.73. The van der Waals surface area contributed by atoms with E-state index in [1.165, 1.54) is 0 Å². The van der Waals surface area contributed by atoms with Gasteiger partial charge in [0, 0.05) is 5.41 Å². The Balaban J connectivity index is 1.59. The summed E-state index contributed by atoms with van der Waals surface area (Å²) >= 11 is 0. The monoisotopic (exact) mass is 577 g/mol. The van der Waals surface area contributed by atoms with E-state index in [9.17, 15) is 33.1 Å². The van der Waals surface area contributed by atoms with E-state index < -0.39 is 41.1 Å². The van der Waals surface area contributed by atoms with E-state index in [0.717, 1.165) is 12.8 Å². The minimum atomic E-state index is -4.59. The van der Waals surface area contributed by atoms with Gasteiger partial charge in [0.05, 0.1) is 17.1 Å². The molecule has 0 spiro atoms. The van der Waals surface area contributed by atoms with Crippen molar-refractivity contribution in [1.29, 1.82) is 5.26 Å². The third-order valence-electron chi connectivity index (χ3n) is 13.5. The molecule has 5 aliphatic rings. The zero-order chi connectivity index (χ0) is 30.6. The number of nitrogens with zero attached hydrogens (tertiary/aromatic N) is 1. The van der Waals surface area contributed by atoms with Gasteiger partial charge in [-0.2, -0.15) is 18.4 Å². The van der Waals surface area contributed by atoms with Crippen LogP contribution in [0.25, 0.3) is 0 Å². The molecule has 0 aromatic heterocycles. The third kappa shape index (κ3) is 4.18. The minimum Gasteiger partial charge on any atom is -0.456 e. The number of fused-ring (bicyclic) bond motifs is 7. The van der Waals surface area contributed by atoms with Crippen LogP contribution in [0.15, 0.2) is 11.6 Å². The van der Waals surface area contributed by atoms with E-state index in [2.05, 4.69) is 40.7 Å². The molecule has 41 heavy (non-hydrogen) atoms. The summed E-state index contributed by atoms with van der Waals surface area (Å²) < 4.78 is 44.3. The lowest BCUT2D eigenvalue weighted by Crippen LogP contribution is -2.70. The van der Waals surface area contributed by atoms with Crippen molar-refractivity contribution in [3.63, 3.8) is 0 Å². The van der Waals surface area contributed by atoms with E-state index in [1.54, 1.807) is 0 Å². The number of carbonyl (C=O) groups excluding carboxylic acids is 2. The number of hydrogen-bond acceptors (Lipinski definition) is 5. The first-order valence-electron chi connectivity index (χ1n) is 15.3. The fourth-order valence-electron chi connectivity index (χ4n) is 11.3. The number of hydrogen-bond donors (Lipinski definition) is 1. The van der Waals surface area contributed by atoms with Crippen LogP contribution < -0.4 is 0 Å². The molecule has 0 radical (unpaired) electrons. The van der Waals surface area contributed by atoms with Crippen molar-refractivity contribution in [2.24, 2.45) is 56.2 Å². The zero-order valence-corrected chi connectivity index (χ0v) is 25.6. The number of ketones is 1. The number of nitriles is 1. The third-order valence-corrected chi connectivity index (χ3v) is 13.5. The van der Waals surface area contributed by atoms with Crippen LogP contribution in [0, 0.1) is 67.5 Å². The summed E-state index contributed by atoms with van der Waals surface area (Å²) in [4.78, 5) is 26.8. The lowest BCUT2D eigenvalue weighted by atomic mass is 9.31. The molecular formula is C33H46F3NO4. The molecule has 0 amide bonds. The summed E-state index contributed by atoms with van der Waals surface area (Å²) in [7, 11) is 0. The van der Waals surface area contributed by atoms with Crippen molar-refractivity contribution >= 4 is 11.8 Å². The van der Waals surface area contributed by atoms with Crippen molar-refractivity contribution in [3.8, 4) is 6.07 Å². The van der Waals surface area contributed by atoms with Crippen molar-refractivity contribution in [3.05, 3.63) is 11.6 Å². The molecule has 228 valence electrons. The number of aliphatic hydroxyl groups excluding tert-OH is 1. The van der Waals surface area contributed by atoms with Gasteiger partial charge in [-0.3, -0.25) is 9.59 Å². The van der Waals surface area contributed by atoms with Crippen molar-refractivity contribution in [2.45, 2.75) is 112 Å². The molecule has 4 saturated carbocycles. The van der Waals surface area contributed by atoms with E-state index in [0.29, 0.717) is 38.5 Å². The van der Waals surface area contributed by atoms with Crippen LogP contribution in [0.5, 0.6) is 0 Å². The second-order valence-electron chi connectivity index (χ2n) is 16.2. The first-order chi connectivity index (χ1) is 18.7. The number of carbonyl (C=O) groups is 2. The fraction of sp³-hybridized carbons (Fsp3) is 0.848. The molecule has 9 unspecified atom stereocenters. The number of esters is 1. The van der Waals surface area contributed by atoms with Gasteiger partial charge in [0.25, 0.3) is 0 Å². The lowest BCUT2D eigenvalue weighted by molar-refractivity contribution is -0.263. The van der Waals surface area contributed by atoms with Crippen LogP contribution in [0.3, 0.4) is 0 Å². The molecular weight excluding hydrogens is 531 g/mol. The Labute approximate surface area is 242 Å². The Morgan fingerprint density at radius 3 is 2.27 bits per heavy atom. The van der Waals surface area contributed by atoms with Gasteiger partial charge in [-0.15, -0.1) is 0 Å². The number of rotatable bonds is 2. The molecule has 0 saturated heterocycles. The SMILES string of the molecule is CC1(C)CCC2(C(=O)OCC(F)(F)F)CCC3(C)C(C(O)CC4C5(C)C=C(C#N)C(=O)C(C)(C)C5CCC43C)C2C1. The first kappa shape index (κ1) is 30.6. The molecule has 1 N–H and O–H groups in total. The van der Waals surface area contributed by atoms with Crippen LogP contribution in [0.1, 0.15) is 99.8 Å². The summed E-state index contributed by atoms with van der Waals surface area (Å²) in [5.74, 6) is -1.41. The van der Waals surface area contributed by atoms with Gasteiger partial charge in [0.2, 0.25) is 0 Å². The molecule has 5 nitrogen and oxygen atoms in total. The number of alkyl halides is 3. The van der Waals surface area contributed by atoms with Crippen molar-refractivity contribution < 1.29 is 32.6 Å². The molecule has 8 heteroatoms. The Hall–Kier alpha value is -1.88. The summed E-state index contributed by atoms with van der Waals surface area (Å²) in [5, 5.41) is 22.0. The minimum absolute atomic E-state index is 0.00186. The second-order valence-corrected chi connectivity index (χ2v) is 16.2. The number of halogens is 3. The highest BCUT2D eigenvalue weighted by molar-refractivity contribution is 6.04. The number of allylic oxidation sites excluding steroid dienone is 2. The zero-order valence-electron chi connectivity index (χ0n) is 25.6. The lowest BCUT2D eigenvalue weighted by Gasteiger charge is -2.73. The van der Waals surface area contributed by atoms with E-state index >= 15 is 0 Å². The smallest absolute Gasteiger partial charge is 0.422 e. The van der Waals surface area contributed by atoms with Crippen LogP contribution in [0.2, 0.25) is 0 Å². The molecule has 0 bridgehead atoms. The van der Waals surface area contributed by atoms with E-state index in [1.807, 2.05) is 19.9 Å². The largest absolute Gasteiger partial charge is 0.456 e. The van der Waals surface area contributed by atoms with Gasteiger partial charge < -0.3 is 9.84 Å². The predicted molar refractivity (Wildman–Crippen MR) is 147 cm³/mol. The number of ether oxygens (including phenoxy) is 1. The Morgan fingerprint density at radius 2 is 1.66 bits per heavy atom. The molecule has 0 aliphatic heterocycles. The first-order valence-corrected chi connectivity index (χ1v) is 15.3. The van der Waals surface area contributed by atoms with E-state index in [-0.39, 0.29) is 51.3 Å². The molecule has 0 aromatic carbocycles. The van der Waals surface area contributed by atoms with Gasteiger partial charge in [0.1, 0.15) is 6.07 Å². The number of aliphatic hydroxyl groups is 1. The molecule has 0 heterocycles. The Bertz CT molecular complexity index is 1220. The van der Waals surface area contributed by atoms with Crippen LogP contribution in [0.4, 0.5) is 13.2 Å². The summed E-state index contributed by atoms with van der Waals surface area (Å²) in [6.45, 7) is 13.3. The van der Waals surface area contributed by atoms with Gasteiger partial charge in [-0.05, 0) is 96.7 Å². The van der Waals surface area contributed by atoms with Gasteiger partial charge >= 0.3 is 12.1 Å². The van der Waals surface area contributed by atoms with Crippen molar-refractivity contribution in [1.82, 2.24) is 0 Å². The van der Waals surface area contributed by atoms with Crippen LogP contribution in [-0.2, 0) is 14.3 Å². The normalized spacial score (nSPS) is 46.5. The maximum absolute atomic E-state index is 13.6. The van der Waals surface area contributed by atoms with Crippen molar-refractivity contribution in [2.75, 3.05) is 6.61 Å². The maximum Gasteiger partial charge on any atom is 0.422 e. The van der Waals surface area contributed by atoms with Crippen LogP contribution >= 0.6 is 0 Å². The summed E-state index contributed by atoms with van der Waals surface area (Å²) in [6, 6.07) is 2.16. The van der Waals surface area contributed by atoms with Crippen LogP contribution in [-0.4, -0.2) is 35.7 Å². The van der Waals surface area contributed by atoms with E-state index in [4.69, 9.17) is 4.74 Å². The highest BCUT2D eigenvalue weighted by Crippen LogP contribution is 2.76. The molecule has 4 fully saturated rings. The standard InChI is InChI=1S/C33H46F3NO4/c1-27(2)10-12-32(26(40)41-18-33(34,35)36)13-11-31(7)24(20(32)16-27)21(38)14-23-29(5)15-19(17-37)25(39)28(3,4)22(29)8-9-30(23,31)6/h15,20-24,38H,8-14,16,18H2,1-7H3. The second kappa shape index (κ2) is 9.07. The maximum atomic E-state index is 13.6. The quantitative estimate of drug-likeness (QED) is 0.351. The average molecular weight is 578 g/mol. The molecule has 5 aliphatic carbocycles. The fourth-order valence-corrected chi connectivity index (χ4v) is 11.3. The number of Topliss-reactive ketones (excluding diaryl/α,β-unsaturated/α-hetero) is 1. The van der Waals surface area contributed by atoms with Gasteiger partial charge in [-0.1, -0.05) is 54.5 Å². The predicted octanol–water partition coefficient (Wildman–Crippen LogP) is 7.18. The molecule has 9 atom stereocenters. The average Bonchev–Trinajstić information content (AvgIpc) is 2.85. The van der Waals surface area contributed by atoms with Gasteiger partial charge in [0.15, 0.2) is 12.4 Å². The Morgan fingerprint density at radius 1 is 1.02 bits per heavy atom. The summed E-state index contributed by atoms with van der Waals surface area (Å²) in [5.41, 5.74) is -2.78. The highest BCUT2D eigenvalue weighted by atomic mass is 19.4. The van der Waals surface area contributed by atoms with Gasteiger partial charge in [-0.25, -0.2) is 0 Å². The topological polar surface area (TPSA) is 87.4 Å². The summed E-state index contributed by atoms with van der Waals surface area (Å²) in [6.07, 6.45) is 1.55. The Kier molecular flexibility index (Phi) is 6.76.